The second kappa shape index (κ2) is 7.64. The van der Waals surface area contributed by atoms with Crippen LogP contribution in [-0.4, -0.2) is 34.8 Å². The fraction of sp³-hybridized carbons (Fsp3) is 0.312. The SMILES string of the molecule is CCN[C@H](C)CNC(=O)c1ccc(=O)n(-c2ccc(F)cc2)n1. The highest BCUT2D eigenvalue weighted by Crippen LogP contribution is 2.05. The van der Waals surface area contributed by atoms with Crippen LogP contribution in [-0.2, 0) is 0 Å². The Bertz CT molecular complexity index is 728. The molecule has 1 amide bonds. The van der Waals surface area contributed by atoms with Gasteiger partial charge in [-0.05, 0) is 43.8 Å². The quantitative estimate of drug-likeness (QED) is 0.836. The van der Waals surface area contributed by atoms with E-state index in [0.29, 0.717) is 12.2 Å². The Hall–Kier alpha value is -2.54. The van der Waals surface area contributed by atoms with Crippen LogP contribution in [0.4, 0.5) is 4.39 Å². The molecule has 0 fully saturated rings. The van der Waals surface area contributed by atoms with E-state index in [4.69, 9.17) is 0 Å². The molecule has 1 heterocycles. The largest absolute Gasteiger partial charge is 0.349 e. The first kappa shape index (κ1) is 16.8. The number of halogens is 1. The average Bonchev–Trinajstić information content (AvgIpc) is 2.54. The van der Waals surface area contributed by atoms with Gasteiger partial charge in [-0.2, -0.15) is 9.78 Å². The van der Waals surface area contributed by atoms with Gasteiger partial charge in [-0.25, -0.2) is 4.39 Å². The number of hydrogen-bond donors (Lipinski definition) is 2. The van der Waals surface area contributed by atoms with Gasteiger partial charge >= 0.3 is 0 Å². The standard InChI is InChI=1S/C16H19FN4O2/c1-3-18-11(2)10-19-16(23)14-8-9-15(22)21(20-14)13-6-4-12(17)5-7-13/h4-9,11,18H,3,10H2,1-2H3,(H,19,23)/t11-/m1/s1. The summed E-state index contributed by atoms with van der Waals surface area (Å²) in [6, 6.07) is 8.08. The Morgan fingerprint density at radius 1 is 1.26 bits per heavy atom. The van der Waals surface area contributed by atoms with Crippen molar-refractivity contribution in [2.75, 3.05) is 13.1 Å². The summed E-state index contributed by atoms with van der Waals surface area (Å²) in [7, 11) is 0. The predicted molar refractivity (Wildman–Crippen MR) is 85.3 cm³/mol. The zero-order valence-electron chi connectivity index (χ0n) is 13.0. The Morgan fingerprint density at radius 3 is 2.61 bits per heavy atom. The van der Waals surface area contributed by atoms with E-state index in [0.717, 1.165) is 11.2 Å². The highest BCUT2D eigenvalue weighted by molar-refractivity contribution is 5.92. The van der Waals surface area contributed by atoms with Gasteiger partial charge in [0.2, 0.25) is 0 Å². The topological polar surface area (TPSA) is 76.0 Å². The van der Waals surface area contributed by atoms with Crippen molar-refractivity contribution in [3.63, 3.8) is 0 Å². The van der Waals surface area contributed by atoms with Crippen LogP contribution >= 0.6 is 0 Å². The number of carbonyl (C=O) groups excluding carboxylic acids is 1. The number of benzene rings is 1. The lowest BCUT2D eigenvalue weighted by Crippen LogP contribution is -2.39. The van der Waals surface area contributed by atoms with Gasteiger partial charge in [-0.15, -0.1) is 0 Å². The first-order valence-corrected chi connectivity index (χ1v) is 7.39. The zero-order chi connectivity index (χ0) is 16.8. The third-order valence-corrected chi connectivity index (χ3v) is 3.23. The maximum atomic E-state index is 13.0. The van der Waals surface area contributed by atoms with Gasteiger partial charge in [0, 0.05) is 18.7 Å². The molecule has 0 bridgehead atoms. The average molecular weight is 318 g/mol. The summed E-state index contributed by atoms with van der Waals surface area (Å²) in [4.78, 5) is 24.0. The molecule has 1 aromatic heterocycles. The van der Waals surface area contributed by atoms with Crippen LogP contribution < -0.4 is 16.2 Å². The smallest absolute Gasteiger partial charge is 0.271 e. The molecule has 7 heteroatoms. The van der Waals surface area contributed by atoms with Crippen LogP contribution in [0.1, 0.15) is 24.3 Å². The third-order valence-electron chi connectivity index (χ3n) is 3.23. The summed E-state index contributed by atoms with van der Waals surface area (Å²) in [5, 5.41) is 9.97. The molecule has 0 spiro atoms. The molecule has 1 atom stereocenters. The van der Waals surface area contributed by atoms with Crippen LogP contribution in [0, 0.1) is 5.82 Å². The minimum absolute atomic E-state index is 0.123. The van der Waals surface area contributed by atoms with E-state index >= 15 is 0 Å². The number of carbonyl (C=O) groups is 1. The number of amides is 1. The fourth-order valence-corrected chi connectivity index (χ4v) is 2.06. The molecule has 6 nitrogen and oxygen atoms in total. The molecule has 0 aliphatic heterocycles. The number of likely N-dealkylation sites (N-methyl/N-ethyl adjacent to an activating group) is 1. The molecule has 0 aliphatic carbocycles. The molecule has 0 aliphatic rings. The Morgan fingerprint density at radius 2 is 1.96 bits per heavy atom. The number of nitrogens with zero attached hydrogens (tertiary/aromatic N) is 2. The van der Waals surface area contributed by atoms with Crippen molar-refractivity contribution in [1.82, 2.24) is 20.4 Å². The van der Waals surface area contributed by atoms with Crippen LogP contribution in [0.15, 0.2) is 41.2 Å². The van der Waals surface area contributed by atoms with Gasteiger partial charge in [-0.1, -0.05) is 6.92 Å². The highest BCUT2D eigenvalue weighted by Gasteiger charge is 2.11. The van der Waals surface area contributed by atoms with E-state index in [9.17, 15) is 14.0 Å². The molecule has 122 valence electrons. The number of aromatic nitrogens is 2. The Balaban J connectivity index is 2.18. The fourth-order valence-electron chi connectivity index (χ4n) is 2.06. The third kappa shape index (κ3) is 4.46. The van der Waals surface area contributed by atoms with Crippen molar-refractivity contribution in [1.29, 1.82) is 0 Å². The summed E-state index contributed by atoms with van der Waals surface area (Å²) in [6.45, 7) is 5.20. The molecular weight excluding hydrogens is 299 g/mol. The van der Waals surface area contributed by atoms with Crippen LogP contribution in [0.25, 0.3) is 5.69 Å². The van der Waals surface area contributed by atoms with Crippen LogP contribution in [0.3, 0.4) is 0 Å². The molecule has 0 radical (unpaired) electrons. The normalized spacial score (nSPS) is 12.0. The summed E-state index contributed by atoms with van der Waals surface area (Å²) < 4.78 is 14.0. The summed E-state index contributed by atoms with van der Waals surface area (Å²) in [5.74, 6) is -0.779. The van der Waals surface area contributed by atoms with Gasteiger partial charge in [0.15, 0.2) is 0 Å². The maximum absolute atomic E-state index is 13.0. The Kier molecular flexibility index (Phi) is 5.59. The van der Waals surface area contributed by atoms with Gasteiger partial charge in [0.25, 0.3) is 11.5 Å². The first-order valence-electron chi connectivity index (χ1n) is 7.39. The van der Waals surface area contributed by atoms with Gasteiger partial charge < -0.3 is 10.6 Å². The van der Waals surface area contributed by atoms with E-state index in [2.05, 4.69) is 15.7 Å². The van der Waals surface area contributed by atoms with E-state index in [1.807, 2.05) is 13.8 Å². The summed E-state index contributed by atoms with van der Waals surface area (Å²) in [5.41, 5.74) is 0.124. The molecule has 23 heavy (non-hydrogen) atoms. The van der Waals surface area contributed by atoms with Gasteiger partial charge in [0.05, 0.1) is 5.69 Å². The molecule has 0 saturated heterocycles. The van der Waals surface area contributed by atoms with Crippen LogP contribution in [0.2, 0.25) is 0 Å². The molecule has 0 unspecified atom stereocenters. The lowest BCUT2D eigenvalue weighted by Gasteiger charge is -2.13. The van der Waals surface area contributed by atoms with Crippen molar-refractivity contribution in [3.8, 4) is 5.69 Å². The van der Waals surface area contributed by atoms with E-state index < -0.39 is 11.4 Å². The molecule has 2 aromatic rings. The van der Waals surface area contributed by atoms with Crippen molar-refractivity contribution in [2.24, 2.45) is 0 Å². The molecular formula is C16H19FN4O2. The lowest BCUT2D eigenvalue weighted by atomic mass is 10.3. The lowest BCUT2D eigenvalue weighted by molar-refractivity contribution is 0.0943. The van der Waals surface area contributed by atoms with Crippen LogP contribution in [0.5, 0.6) is 0 Å². The van der Waals surface area contributed by atoms with E-state index in [-0.39, 0.29) is 17.6 Å². The first-order chi connectivity index (χ1) is 11.0. The zero-order valence-corrected chi connectivity index (χ0v) is 13.0. The number of hydrogen-bond acceptors (Lipinski definition) is 4. The molecule has 2 rings (SSSR count). The molecule has 1 aromatic carbocycles. The predicted octanol–water partition coefficient (Wildman–Crippen LogP) is 1.10. The molecule has 0 saturated carbocycles. The Labute approximate surface area is 133 Å². The highest BCUT2D eigenvalue weighted by atomic mass is 19.1. The number of nitrogens with one attached hydrogen (secondary N) is 2. The van der Waals surface area contributed by atoms with Gasteiger partial charge in [-0.3, -0.25) is 9.59 Å². The monoisotopic (exact) mass is 318 g/mol. The van der Waals surface area contributed by atoms with Crippen molar-refractivity contribution >= 4 is 5.91 Å². The molecule has 2 N–H and O–H groups in total. The van der Waals surface area contributed by atoms with E-state index in [1.165, 1.54) is 36.4 Å². The summed E-state index contributed by atoms with van der Waals surface area (Å²) >= 11 is 0. The van der Waals surface area contributed by atoms with Crippen molar-refractivity contribution < 1.29 is 9.18 Å². The van der Waals surface area contributed by atoms with Crippen molar-refractivity contribution in [2.45, 2.75) is 19.9 Å². The second-order valence-electron chi connectivity index (χ2n) is 5.11. The minimum Gasteiger partial charge on any atom is -0.349 e. The summed E-state index contributed by atoms with van der Waals surface area (Å²) in [6.07, 6.45) is 0. The number of rotatable bonds is 6. The second-order valence-corrected chi connectivity index (χ2v) is 5.11. The van der Waals surface area contributed by atoms with E-state index in [1.54, 1.807) is 0 Å². The maximum Gasteiger partial charge on any atom is 0.271 e. The minimum atomic E-state index is -0.409. The van der Waals surface area contributed by atoms with Crippen molar-refractivity contribution in [3.05, 3.63) is 58.3 Å². The van der Waals surface area contributed by atoms with Gasteiger partial charge in [0.1, 0.15) is 11.5 Å².